The number of ether oxygens (including phenoxy) is 1. The third-order valence-corrected chi connectivity index (χ3v) is 3.69. The Hall–Kier alpha value is -2.24. The molecule has 0 aliphatic heterocycles. The number of amides is 1. The molecule has 4 N–H and O–H groups in total. The van der Waals surface area contributed by atoms with Crippen LogP contribution in [-0.4, -0.2) is 29.6 Å². The van der Waals surface area contributed by atoms with Gasteiger partial charge in [-0.05, 0) is 49.4 Å². The predicted molar refractivity (Wildman–Crippen MR) is 79.4 cm³/mol. The highest BCUT2D eigenvalue weighted by atomic mass is 16.5. The summed E-state index contributed by atoms with van der Waals surface area (Å²) in [6.07, 6.45) is 3.25. The summed E-state index contributed by atoms with van der Waals surface area (Å²) < 4.78 is 5.42. The standard InChI is InChI=1S/C15H21N3O3/c1-10-2-5-12(8-10)17-14(19)9-21-13-6-3-11(4-7-13)15(16)18-20/h3-4,6-7,10,12,20H,2,5,8-9H2,1H3,(H2,16,18)(H,17,19). The lowest BCUT2D eigenvalue weighted by atomic mass is 10.1. The molecule has 21 heavy (non-hydrogen) atoms. The molecule has 6 nitrogen and oxygen atoms in total. The van der Waals surface area contributed by atoms with Crippen LogP contribution in [0.1, 0.15) is 31.7 Å². The average molecular weight is 291 g/mol. The largest absolute Gasteiger partial charge is 0.484 e. The van der Waals surface area contributed by atoms with E-state index in [9.17, 15) is 4.79 Å². The lowest BCUT2D eigenvalue weighted by Crippen LogP contribution is -2.36. The summed E-state index contributed by atoms with van der Waals surface area (Å²) in [4.78, 5) is 11.8. The fourth-order valence-corrected chi connectivity index (χ4v) is 2.54. The predicted octanol–water partition coefficient (Wildman–Crippen LogP) is 1.46. The molecule has 1 aliphatic rings. The van der Waals surface area contributed by atoms with Gasteiger partial charge in [0.15, 0.2) is 12.4 Å². The summed E-state index contributed by atoms with van der Waals surface area (Å²) in [6.45, 7) is 2.19. The second-order valence-corrected chi connectivity index (χ2v) is 5.48. The summed E-state index contributed by atoms with van der Waals surface area (Å²) in [5.74, 6) is 1.19. The molecule has 0 heterocycles. The maximum absolute atomic E-state index is 11.8. The summed E-state index contributed by atoms with van der Waals surface area (Å²) >= 11 is 0. The SMILES string of the molecule is CC1CCC(NC(=O)COc2ccc(/C(N)=N/O)cc2)C1. The van der Waals surface area contributed by atoms with Crippen LogP contribution in [0, 0.1) is 5.92 Å². The topological polar surface area (TPSA) is 96.9 Å². The first-order chi connectivity index (χ1) is 10.1. The van der Waals surface area contributed by atoms with Gasteiger partial charge in [0.1, 0.15) is 5.75 Å². The molecule has 0 aromatic heterocycles. The van der Waals surface area contributed by atoms with E-state index in [-0.39, 0.29) is 24.4 Å². The van der Waals surface area contributed by atoms with Gasteiger partial charge in [0.05, 0.1) is 0 Å². The molecule has 0 bridgehead atoms. The zero-order valence-electron chi connectivity index (χ0n) is 12.1. The Morgan fingerprint density at radius 2 is 2.14 bits per heavy atom. The van der Waals surface area contributed by atoms with Crippen molar-refractivity contribution < 1.29 is 14.7 Å². The molecule has 1 aromatic carbocycles. The van der Waals surface area contributed by atoms with E-state index >= 15 is 0 Å². The lowest BCUT2D eigenvalue weighted by Gasteiger charge is -2.13. The number of oxime groups is 1. The molecule has 2 unspecified atom stereocenters. The van der Waals surface area contributed by atoms with Gasteiger partial charge in [-0.25, -0.2) is 0 Å². The second-order valence-electron chi connectivity index (χ2n) is 5.48. The fourth-order valence-electron chi connectivity index (χ4n) is 2.54. The maximum Gasteiger partial charge on any atom is 0.258 e. The Bertz CT molecular complexity index is 513. The van der Waals surface area contributed by atoms with Crippen molar-refractivity contribution in [3.8, 4) is 5.75 Å². The van der Waals surface area contributed by atoms with Gasteiger partial charge in [0.25, 0.3) is 5.91 Å². The quantitative estimate of drug-likeness (QED) is 0.331. The number of carbonyl (C=O) groups excluding carboxylic acids is 1. The smallest absolute Gasteiger partial charge is 0.258 e. The molecule has 6 heteroatoms. The molecule has 2 atom stereocenters. The molecule has 0 radical (unpaired) electrons. The molecule has 1 saturated carbocycles. The minimum atomic E-state index is -0.102. The number of rotatable bonds is 5. The highest BCUT2D eigenvalue weighted by Gasteiger charge is 2.22. The van der Waals surface area contributed by atoms with E-state index in [1.54, 1.807) is 24.3 Å². The molecule has 0 spiro atoms. The molecule has 1 fully saturated rings. The molecular weight excluding hydrogens is 270 g/mol. The number of amidine groups is 1. The normalized spacial score (nSPS) is 22.0. The maximum atomic E-state index is 11.8. The third kappa shape index (κ3) is 4.37. The van der Waals surface area contributed by atoms with Gasteiger partial charge in [0.2, 0.25) is 0 Å². The third-order valence-electron chi connectivity index (χ3n) is 3.69. The first-order valence-electron chi connectivity index (χ1n) is 7.08. The van der Waals surface area contributed by atoms with Crippen molar-refractivity contribution in [1.82, 2.24) is 5.32 Å². The highest BCUT2D eigenvalue weighted by molar-refractivity contribution is 5.97. The van der Waals surface area contributed by atoms with Crippen LogP contribution in [-0.2, 0) is 4.79 Å². The summed E-state index contributed by atoms with van der Waals surface area (Å²) in [5, 5.41) is 14.5. The van der Waals surface area contributed by atoms with Crippen molar-refractivity contribution in [3.63, 3.8) is 0 Å². The molecule has 2 rings (SSSR count). The van der Waals surface area contributed by atoms with Crippen LogP contribution in [0.15, 0.2) is 29.4 Å². The van der Waals surface area contributed by atoms with Crippen LogP contribution < -0.4 is 15.8 Å². The van der Waals surface area contributed by atoms with Gasteiger partial charge < -0.3 is 21.0 Å². The Balaban J connectivity index is 1.78. The Kier molecular flexibility index (Phi) is 5.03. The van der Waals surface area contributed by atoms with E-state index < -0.39 is 0 Å². The van der Waals surface area contributed by atoms with Gasteiger partial charge in [-0.1, -0.05) is 12.1 Å². The van der Waals surface area contributed by atoms with Gasteiger partial charge in [-0.2, -0.15) is 0 Å². The zero-order valence-corrected chi connectivity index (χ0v) is 12.1. The molecule has 1 amide bonds. The van der Waals surface area contributed by atoms with Crippen LogP contribution in [0.5, 0.6) is 5.75 Å². The number of hydrogen-bond donors (Lipinski definition) is 3. The Morgan fingerprint density at radius 1 is 1.43 bits per heavy atom. The molecular formula is C15H21N3O3. The second kappa shape index (κ2) is 6.97. The van der Waals surface area contributed by atoms with Gasteiger partial charge in [-0.15, -0.1) is 0 Å². The minimum absolute atomic E-state index is 0.00615. The Labute approximate surface area is 124 Å². The monoisotopic (exact) mass is 291 g/mol. The van der Waals surface area contributed by atoms with E-state index in [4.69, 9.17) is 15.7 Å². The Morgan fingerprint density at radius 3 is 2.71 bits per heavy atom. The van der Waals surface area contributed by atoms with Crippen LogP contribution in [0.3, 0.4) is 0 Å². The van der Waals surface area contributed by atoms with E-state index in [1.807, 2.05) is 0 Å². The van der Waals surface area contributed by atoms with E-state index in [1.165, 1.54) is 6.42 Å². The number of nitrogens with one attached hydrogen (secondary N) is 1. The van der Waals surface area contributed by atoms with Crippen LogP contribution in [0.25, 0.3) is 0 Å². The molecule has 114 valence electrons. The number of nitrogens with zero attached hydrogens (tertiary/aromatic N) is 1. The highest BCUT2D eigenvalue weighted by Crippen LogP contribution is 2.24. The van der Waals surface area contributed by atoms with Gasteiger partial charge >= 0.3 is 0 Å². The number of benzene rings is 1. The number of hydrogen-bond acceptors (Lipinski definition) is 4. The van der Waals surface area contributed by atoms with Crippen LogP contribution >= 0.6 is 0 Å². The first-order valence-corrected chi connectivity index (χ1v) is 7.08. The number of nitrogens with two attached hydrogens (primary N) is 1. The molecule has 1 aromatic rings. The van der Waals surface area contributed by atoms with Crippen molar-refractivity contribution in [3.05, 3.63) is 29.8 Å². The van der Waals surface area contributed by atoms with E-state index in [0.717, 1.165) is 12.8 Å². The van der Waals surface area contributed by atoms with Crippen molar-refractivity contribution in [2.24, 2.45) is 16.8 Å². The molecule has 1 aliphatic carbocycles. The fraction of sp³-hybridized carbons (Fsp3) is 0.467. The first kappa shape index (κ1) is 15.2. The lowest BCUT2D eigenvalue weighted by molar-refractivity contribution is -0.123. The van der Waals surface area contributed by atoms with Gasteiger partial charge in [0, 0.05) is 11.6 Å². The summed E-state index contributed by atoms with van der Waals surface area (Å²) in [5.41, 5.74) is 6.06. The zero-order chi connectivity index (χ0) is 15.2. The van der Waals surface area contributed by atoms with Crippen molar-refractivity contribution in [1.29, 1.82) is 0 Å². The summed E-state index contributed by atoms with van der Waals surface area (Å²) in [7, 11) is 0. The van der Waals surface area contributed by atoms with Crippen LogP contribution in [0.2, 0.25) is 0 Å². The van der Waals surface area contributed by atoms with E-state index in [2.05, 4.69) is 17.4 Å². The van der Waals surface area contributed by atoms with Crippen molar-refractivity contribution >= 4 is 11.7 Å². The van der Waals surface area contributed by atoms with E-state index in [0.29, 0.717) is 17.2 Å². The van der Waals surface area contributed by atoms with Crippen LogP contribution in [0.4, 0.5) is 0 Å². The minimum Gasteiger partial charge on any atom is -0.484 e. The molecule has 0 saturated heterocycles. The average Bonchev–Trinajstić information content (AvgIpc) is 2.90. The number of carbonyl (C=O) groups is 1. The van der Waals surface area contributed by atoms with Crippen molar-refractivity contribution in [2.75, 3.05) is 6.61 Å². The van der Waals surface area contributed by atoms with Crippen molar-refractivity contribution in [2.45, 2.75) is 32.2 Å². The van der Waals surface area contributed by atoms with Gasteiger partial charge in [-0.3, -0.25) is 4.79 Å². The summed E-state index contributed by atoms with van der Waals surface area (Å²) in [6, 6.07) is 6.97.